The van der Waals surface area contributed by atoms with Gasteiger partial charge in [-0.25, -0.2) is 0 Å². The lowest BCUT2D eigenvalue weighted by Crippen LogP contribution is -2.53. The molecule has 0 aromatic rings. The number of carbonyl (C=O) groups excluding carboxylic acids is 2. The van der Waals surface area contributed by atoms with Crippen LogP contribution in [0.1, 0.15) is 47.5 Å². The van der Waals surface area contributed by atoms with E-state index in [9.17, 15) is 9.59 Å². The molecule has 0 spiro atoms. The van der Waals surface area contributed by atoms with E-state index in [1.54, 1.807) is 0 Å². The average molecular weight is 345 g/mol. The summed E-state index contributed by atoms with van der Waals surface area (Å²) in [4.78, 5) is 23.5. The van der Waals surface area contributed by atoms with E-state index in [4.69, 9.17) is 13.9 Å². The van der Waals surface area contributed by atoms with E-state index < -0.39 is 14.4 Å². The number of methoxy groups -OCH3 is 1. The van der Waals surface area contributed by atoms with E-state index in [0.29, 0.717) is 6.42 Å². The summed E-state index contributed by atoms with van der Waals surface area (Å²) in [5.41, 5.74) is 0. The molecule has 1 heterocycles. The Hall–Kier alpha value is -0.723. The van der Waals surface area contributed by atoms with Crippen molar-refractivity contribution in [2.45, 2.75) is 83.9 Å². The number of rotatable bonds is 5. The predicted octanol–water partition coefficient (Wildman–Crippen LogP) is 3.32. The van der Waals surface area contributed by atoms with E-state index in [1.807, 2.05) is 6.92 Å². The van der Waals surface area contributed by atoms with Gasteiger partial charge in [0.1, 0.15) is 6.10 Å². The maximum Gasteiger partial charge on any atom is 0.308 e. The van der Waals surface area contributed by atoms with Gasteiger partial charge < -0.3 is 13.9 Å². The highest BCUT2D eigenvalue weighted by Crippen LogP contribution is 2.40. The first kappa shape index (κ1) is 20.3. The highest BCUT2D eigenvalue weighted by molar-refractivity contribution is 6.74. The van der Waals surface area contributed by atoms with Crippen molar-refractivity contribution in [3.05, 3.63) is 0 Å². The molecule has 0 aromatic heterocycles. The van der Waals surface area contributed by atoms with Crippen molar-refractivity contribution in [1.82, 2.24) is 0 Å². The lowest BCUT2D eigenvalue weighted by atomic mass is 9.88. The number of esters is 1. The molecule has 0 unspecified atom stereocenters. The topological polar surface area (TPSA) is 61.8 Å². The van der Waals surface area contributed by atoms with E-state index in [0.717, 1.165) is 0 Å². The minimum Gasteiger partial charge on any atom is -0.469 e. The molecule has 134 valence electrons. The molecule has 5 nitrogen and oxygen atoms in total. The third kappa shape index (κ3) is 5.13. The van der Waals surface area contributed by atoms with Gasteiger partial charge in [-0.2, -0.15) is 0 Å². The van der Waals surface area contributed by atoms with Crippen LogP contribution < -0.4 is 0 Å². The molecule has 1 aliphatic rings. The van der Waals surface area contributed by atoms with E-state index >= 15 is 0 Å². The third-order valence-corrected chi connectivity index (χ3v) is 9.68. The lowest BCUT2D eigenvalue weighted by Gasteiger charge is -2.45. The summed E-state index contributed by atoms with van der Waals surface area (Å²) in [5, 5.41) is 0.0919. The van der Waals surface area contributed by atoms with Crippen LogP contribution in [0.25, 0.3) is 0 Å². The highest BCUT2D eigenvalue weighted by atomic mass is 28.4. The minimum atomic E-state index is -1.96. The fraction of sp³-hybridized carbons (Fsp3) is 0.882. The summed E-state index contributed by atoms with van der Waals surface area (Å²) in [7, 11) is -0.598. The molecule has 0 aliphatic carbocycles. The van der Waals surface area contributed by atoms with Crippen molar-refractivity contribution in [1.29, 1.82) is 0 Å². The molecular formula is C17H32O5Si. The van der Waals surface area contributed by atoms with Crippen molar-refractivity contribution in [3.63, 3.8) is 0 Å². The van der Waals surface area contributed by atoms with Crippen LogP contribution in [0.4, 0.5) is 0 Å². The van der Waals surface area contributed by atoms with Crippen molar-refractivity contribution in [2.75, 3.05) is 7.11 Å². The quantitative estimate of drug-likeness (QED) is 0.565. The Bertz CT molecular complexity index is 441. The molecule has 0 aromatic carbocycles. The van der Waals surface area contributed by atoms with Gasteiger partial charge in [0.2, 0.25) is 0 Å². The van der Waals surface area contributed by atoms with Crippen molar-refractivity contribution >= 4 is 20.1 Å². The standard InChI is InChI=1S/C17H32O5Si/c1-11-14(22-23(7,8)17(3,4)5)9-13(10-15(19)20-6)21-16(11)12(2)18/h11,13-14,16H,9-10H2,1-8H3/t11-,13+,14-,16-/m0/s1. The number of ketones is 1. The Labute approximate surface area is 141 Å². The Morgan fingerprint density at radius 2 is 1.83 bits per heavy atom. The third-order valence-electron chi connectivity index (χ3n) is 5.17. The zero-order valence-corrected chi connectivity index (χ0v) is 16.8. The van der Waals surface area contributed by atoms with Gasteiger partial charge in [-0.05, 0) is 31.5 Å². The van der Waals surface area contributed by atoms with Crippen LogP contribution in [-0.4, -0.2) is 45.5 Å². The number of carbonyl (C=O) groups is 2. The number of hydrogen-bond acceptors (Lipinski definition) is 5. The molecule has 1 saturated heterocycles. The molecular weight excluding hydrogens is 312 g/mol. The van der Waals surface area contributed by atoms with Gasteiger partial charge in [-0.3, -0.25) is 9.59 Å². The molecule has 4 atom stereocenters. The summed E-state index contributed by atoms with van der Waals surface area (Å²) in [6.07, 6.45) is -0.152. The van der Waals surface area contributed by atoms with Crippen LogP contribution in [0.5, 0.6) is 0 Å². The van der Waals surface area contributed by atoms with E-state index in [2.05, 4.69) is 33.9 Å². The zero-order chi connectivity index (χ0) is 18.0. The molecule has 0 radical (unpaired) electrons. The molecule has 1 rings (SSSR count). The Morgan fingerprint density at radius 1 is 1.26 bits per heavy atom. The molecule has 0 N–H and O–H groups in total. The molecule has 1 fully saturated rings. The summed E-state index contributed by atoms with van der Waals surface area (Å²) < 4.78 is 17.1. The Balaban J connectivity index is 2.94. The van der Waals surface area contributed by atoms with Crippen LogP contribution in [0.2, 0.25) is 18.1 Å². The molecule has 0 amide bonds. The number of Topliss-reactive ketones (excluding diaryl/α,β-unsaturated/α-hetero) is 1. The second kappa shape index (κ2) is 7.45. The van der Waals surface area contributed by atoms with Gasteiger partial charge in [0.05, 0.1) is 25.7 Å². The fourth-order valence-electron chi connectivity index (χ4n) is 2.63. The summed E-state index contributed by atoms with van der Waals surface area (Å²) >= 11 is 0. The van der Waals surface area contributed by atoms with Crippen LogP contribution in [0, 0.1) is 5.92 Å². The molecule has 23 heavy (non-hydrogen) atoms. The van der Waals surface area contributed by atoms with Gasteiger partial charge >= 0.3 is 5.97 Å². The Kier molecular flexibility index (Phi) is 6.58. The molecule has 6 heteroatoms. The normalized spacial score (nSPS) is 29.2. The van der Waals surface area contributed by atoms with Gasteiger partial charge in [0, 0.05) is 5.92 Å². The van der Waals surface area contributed by atoms with E-state index in [-0.39, 0.29) is 41.3 Å². The maximum absolute atomic E-state index is 11.9. The maximum atomic E-state index is 11.9. The highest BCUT2D eigenvalue weighted by Gasteiger charge is 2.45. The van der Waals surface area contributed by atoms with Crippen molar-refractivity contribution < 1.29 is 23.5 Å². The average Bonchev–Trinajstić information content (AvgIpc) is 2.40. The second-order valence-electron chi connectivity index (χ2n) is 8.08. The first-order valence-electron chi connectivity index (χ1n) is 8.29. The van der Waals surface area contributed by atoms with Crippen LogP contribution >= 0.6 is 0 Å². The van der Waals surface area contributed by atoms with Gasteiger partial charge in [0.25, 0.3) is 0 Å². The van der Waals surface area contributed by atoms with Gasteiger partial charge in [-0.1, -0.05) is 27.7 Å². The molecule has 0 saturated carbocycles. The van der Waals surface area contributed by atoms with Crippen molar-refractivity contribution in [2.24, 2.45) is 5.92 Å². The SMILES string of the molecule is COC(=O)C[C@H]1C[C@H](O[Si](C)(C)C(C)(C)C)[C@H](C)[C@@H](C(C)=O)O1. The molecule has 0 bridgehead atoms. The minimum absolute atomic E-state index is 0.0177. The van der Waals surface area contributed by atoms with Crippen LogP contribution in [0.15, 0.2) is 0 Å². The number of hydrogen-bond donors (Lipinski definition) is 0. The number of ether oxygens (including phenoxy) is 2. The first-order valence-corrected chi connectivity index (χ1v) is 11.2. The summed E-state index contributed by atoms with van der Waals surface area (Å²) in [6.45, 7) is 14.5. The monoisotopic (exact) mass is 344 g/mol. The van der Waals surface area contributed by atoms with Gasteiger partial charge in [0.15, 0.2) is 14.1 Å². The zero-order valence-electron chi connectivity index (χ0n) is 15.8. The lowest BCUT2D eigenvalue weighted by molar-refractivity contribution is -0.165. The summed E-state index contributed by atoms with van der Waals surface area (Å²) in [6, 6.07) is 0. The molecule has 1 aliphatic heterocycles. The van der Waals surface area contributed by atoms with Crippen LogP contribution in [0.3, 0.4) is 0 Å². The largest absolute Gasteiger partial charge is 0.469 e. The fourth-order valence-corrected chi connectivity index (χ4v) is 4.05. The van der Waals surface area contributed by atoms with Crippen LogP contribution in [-0.2, 0) is 23.5 Å². The van der Waals surface area contributed by atoms with Crippen molar-refractivity contribution in [3.8, 4) is 0 Å². The first-order chi connectivity index (χ1) is 10.4. The Morgan fingerprint density at radius 3 is 2.26 bits per heavy atom. The second-order valence-corrected chi connectivity index (χ2v) is 12.8. The predicted molar refractivity (Wildman–Crippen MR) is 91.8 cm³/mol. The van der Waals surface area contributed by atoms with Gasteiger partial charge in [-0.15, -0.1) is 0 Å². The summed E-state index contributed by atoms with van der Waals surface area (Å²) in [5.74, 6) is -0.357. The smallest absolute Gasteiger partial charge is 0.308 e. The van der Waals surface area contributed by atoms with E-state index in [1.165, 1.54) is 14.0 Å².